The number of carbonyl (C=O) groups excluding carboxylic acids is 1. The first-order chi connectivity index (χ1) is 14.4. The number of nitrogens with one attached hydrogen (secondary N) is 1. The van der Waals surface area contributed by atoms with E-state index >= 15 is 0 Å². The Hall–Kier alpha value is -2.15. The van der Waals surface area contributed by atoms with Gasteiger partial charge in [0.15, 0.2) is 5.65 Å². The van der Waals surface area contributed by atoms with Crippen molar-refractivity contribution in [2.45, 2.75) is 84.8 Å². The molecule has 1 amide bonds. The van der Waals surface area contributed by atoms with E-state index in [1.165, 1.54) is 12.8 Å². The molecule has 7 heteroatoms. The average molecular weight is 414 g/mol. The van der Waals surface area contributed by atoms with Gasteiger partial charge in [-0.2, -0.15) is 0 Å². The van der Waals surface area contributed by atoms with Crippen molar-refractivity contribution >= 4 is 11.6 Å². The van der Waals surface area contributed by atoms with E-state index in [1.54, 1.807) is 4.52 Å². The summed E-state index contributed by atoms with van der Waals surface area (Å²) in [6.07, 6.45) is 5.84. The minimum absolute atomic E-state index is 0.0383. The molecule has 30 heavy (non-hydrogen) atoms. The molecule has 7 nitrogen and oxygen atoms in total. The Morgan fingerprint density at radius 3 is 2.70 bits per heavy atom. The zero-order valence-corrected chi connectivity index (χ0v) is 18.8. The largest absolute Gasteiger partial charge is 0.337 e. The van der Waals surface area contributed by atoms with Gasteiger partial charge >= 0.3 is 0 Å². The standard InChI is InChI=1S/C23H35N5O2/c1-5-16(6-2)22(29)26-12-10-18-17(14-26)23(30)28-21(24-18)13-19(25-28)20-9-7-8-11-27(20)15(3)4/h13,15-16,20,25H,5-12,14H2,1-4H3/t20-/m1/s1. The maximum absolute atomic E-state index is 13.3. The highest BCUT2D eigenvalue weighted by Crippen LogP contribution is 2.32. The normalized spacial score (nSPS) is 20.3. The molecule has 1 fully saturated rings. The minimum Gasteiger partial charge on any atom is -0.337 e. The molecular formula is C23H35N5O2. The van der Waals surface area contributed by atoms with Crippen molar-refractivity contribution in [3.63, 3.8) is 0 Å². The molecule has 0 saturated carbocycles. The Bertz CT molecular complexity index is 972. The SMILES string of the molecule is CCC(CC)C(=O)N1CCc2nc3cc([C@H]4CCCCN4C(C)C)[nH]n3c(=O)c2C1. The van der Waals surface area contributed by atoms with E-state index in [4.69, 9.17) is 4.98 Å². The van der Waals surface area contributed by atoms with E-state index in [0.29, 0.717) is 42.8 Å². The van der Waals surface area contributed by atoms with Crippen molar-refractivity contribution in [3.05, 3.63) is 33.4 Å². The van der Waals surface area contributed by atoms with Gasteiger partial charge in [-0.15, -0.1) is 0 Å². The van der Waals surface area contributed by atoms with Gasteiger partial charge in [-0.05, 0) is 46.1 Å². The van der Waals surface area contributed by atoms with Gasteiger partial charge in [-0.25, -0.2) is 9.50 Å². The Balaban J connectivity index is 1.67. The summed E-state index contributed by atoms with van der Waals surface area (Å²) in [5.74, 6) is 0.202. The van der Waals surface area contributed by atoms with Gasteiger partial charge in [-0.3, -0.25) is 19.6 Å². The number of carbonyl (C=O) groups is 1. The number of rotatable bonds is 5. The van der Waals surface area contributed by atoms with Crippen LogP contribution in [0.3, 0.4) is 0 Å². The van der Waals surface area contributed by atoms with Crippen LogP contribution in [0, 0.1) is 5.92 Å². The first-order valence-electron chi connectivity index (χ1n) is 11.6. The van der Waals surface area contributed by atoms with Crippen LogP contribution in [0.2, 0.25) is 0 Å². The molecule has 4 heterocycles. The van der Waals surface area contributed by atoms with Crippen LogP contribution in [0.4, 0.5) is 0 Å². The molecule has 0 radical (unpaired) electrons. The zero-order chi connectivity index (χ0) is 21.4. The molecule has 4 rings (SSSR count). The van der Waals surface area contributed by atoms with Crippen LogP contribution in [0.15, 0.2) is 10.9 Å². The van der Waals surface area contributed by atoms with E-state index in [1.807, 2.05) is 4.90 Å². The molecule has 1 N–H and O–H groups in total. The first-order valence-corrected chi connectivity index (χ1v) is 11.6. The Morgan fingerprint density at radius 2 is 2.00 bits per heavy atom. The van der Waals surface area contributed by atoms with Crippen LogP contribution in [-0.4, -0.2) is 49.4 Å². The minimum atomic E-state index is -0.0600. The van der Waals surface area contributed by atoms with Crippen LogP contribution < -0.4 is 5.56 Å². The number of aromatic amines is 1. The number of fused-ring (bicyclic) bond motifs is 2. The molecular weight excluding hydrogens is 378 g/mol. The van der Waals surface area contributed by atoms with Crippen molar-refractivity contribution in [1.29, 1.82) is 0 Å². The number of H-pyrrole nitrogens is 1. The highest BCUT2D eigenvalue weighted by molar-refractivity contribution is 5.79. The third kappa shape index (κ3) is 3.68. The second-order valence-corrected chi connectivity index (χ2v) is 9.11. The fourth-order valence-corrected chi connectivity index (χ4v) is 5.16. The quantitative estimate of drug-likeness (QED) is 0.816. The lowest BCUT2D eigenvalue weighted by molar-refractivity contribution is -0.136. The van der Waals surface area contributed by atoms with Gasteiger partial charge in [0.05, 0.1) is 29.5 Å². The van der Waals surface area contributed by atoms with Crippen molar-refractivity contribution in [2.24, 2.45) is 5.92 Å². The summed E-state index contributed by atoms with van der Waals surface area (Å²) in [6.45, 7) is 10.7. The van der Waals surface area contributed by atoms with Gasteiger partial charge in [-0.1, -0.05) is 20.3 Å². The molecule has 0 aliphatic carbocycles. The van der Waals surface area contributed by atoms with Crippen LogP contribution in [-0.2, 0) is 17.8 Å². The molecule has 0 aromatic carbocycles. The van der Waals surface area contributed by atoms with E-state index in [0.717, 1.165) is 37.2 Å². The Kier molecular flexibility index (Phi) is 6.00. The number of hydrogen-bond donors (Lipinski definition) is 1. The zero-order valence-electron chi connectivity index (χ0n) is 18.8. The number of piperidine rings is 1. The molecule has 2 aliphatic rings. The van der Waals surface area contributed by atoms with E-state index in [-0.39, 0.29) is 17.4 Å². The maximum atomic E-state index is 13.3. The van der Waals surface area contributed by atoms with Crippen LogP contribution in [0.5, 0.6) is 0 Å². The summed E-state index contributed by atoms with van der Waals surface area (Å²) < 4.78 is 1.59. The average Bonchev–Trinajstić information content (AvgIpc) is 3.18. The maximum Gasteiger partial charge on any atom is 0.277 e. The number of hydrogen-bond acceptors (Lipinski definition) is 4. The highest BCUT2D eigenvalue weighted by atomic mass is 16.2. The smallest absolute Gasteiger partial charge is 0.277 e. The second-order valence-electron chi connectivity index (χ2n) is 9.11. The molecule has 2 aromatic rings. The van der Waals surface area contributed by atoms with Crippen molar-refractivity contribution < 1.29 is 4.79 Å². The fourth-order valence-electron chi connectivity index (χ4n) is 5.16. The molecule has 0 unspecified atom stereocenters. The first kappa shape index (κ1) is 21.1. The molecule has 164 valence electrons. The molecule has 0 spiro atoms. The van der Waals surface area contributed by atoms with E-state index < -0.39 is 0 Å². The second kappa shape index (κ2) is 8.53. The number of aromatic nitrogens is 3. The van der Waals surface area contributed by atoms with Gasteiger partial charge < -0.3 is 4.90 Å². The summed E-state index contributed by atoms with van der Waals surface area (Å²) in [4.78, 5) is 35.3. The number of likely N-dealkylation sites (tertiary alicyclic amines) is 1. The fraction of sp³-hybridized carbons (Fsp3) is 0.696. The van der Waals surface area contributed by atoms with Gasteiger partial charge in [0.25, 0.3) is 5.56 Å². The lowest BCUT2D eigenvalue weighted by Crippen LogP contribution is -2.42. The van der Waals surface area contributed by atoms with Crippen molar-refractivity contribution in [3.8, 4) is 0 Å². The summed E-state index contributed by atoms with van der Waals surface area (Å²) >= 11 is 0. The molecule has 2 aliphatic heterocycles. The third-order valence-electron chi connectivity index (χ3n) is 6.99. The van der Waals surface area contributed by atoms with Gasteiger partial charge in [0.2, 0.25) is 5.91 Å². The predicted molar refractivity (Wildman–Crippen MR) is 117 cm³/mol. The molecule has 2 aromatic heterocycles. The summed E-state index contributed by atoms with van der Waals surface area (Å²) in [5, 5.41) is 3.35. The summed E-state index contributed by atoms with van der Waals surface area (Å²) in [5.41, 5.74) is 3.22. The number of nitrogens with zero attached hydrogens (tertiary/aromatic N) is 4. The molecule has 1 saturated heterocycles. The van der Waals surface area contributed by atoms with Crippen molar-refractivity contribution in [2.75, 3.05) is 13.1 Å². The third-order valence-corrected chi connectivity index (χ3v) is 6.99. The number of amides is 1. The Morgan fingerprint density at radius 1 is 1.23 bits per heavy atom. The summed E-state index contributed by atoms with van der Waals surface area (Å²) in [6, 6.07) is 2.81. The van der Waals surface area contributed by atoms with E-state index in [9.17, 15) is 9.59 Å². The monoisotopic (exact) mass is 413 g/mol. The van der Waals surface area contributed by atoms with Crippen LogP contribution >= 0.6 is 0 Å². The lowest BCUT2D eigenvalue weighted by Gasteiger charge is -2.37. The summed E-state index contributed by atoms with van der Waals surface area (Å²) in [7, 11) is 0. The molecule has 0 bridgehead atoms. The van der Waals surface area contributed by atoms with Gasteiger partial charge in [0.1, 0.15) is 0 Å². The van der Waals surface area contributed by atoms with Crippen molar-refractivity contribution in [1.82, 2.24) is 24.4 Å². The topological polar surface area (TPSA) is 73.7 Å². The highest BCUT2D eigenvalue weighted by Gasteiger charge is 2.30. The van der Waals surface area contributed by atoms with Crippen LogP contribution in [0.1, 0.15) is 82.8 Å². The Labute approximate surface area is 178 Å². The lowest BCUT2D eigenvalue weighted by atomic mass is 9.98. The molecule has 1 atom stereocenters. The predicted octanol–water partition coefficient (Wildman–Crippen LogP) is 3.28. The van der Waals surface area contributed by atoms with Gasteiger partial charge in [0, 0.05) is 31.0 Å². The van der Waals surface area contributed by atoms with E-state index in [2.05, 4.69) is 43.8 Å². The van der Waals surface area contributed by atoms with Crippen LogP contribution in [0.25, 0.3) is 5.65 Å².